The molecular weight excluding hydrogens is 526 g/mol. The van der Waals surface area contributed by atoms with Crippen LogP contribution in [0.15, 0.2) is 58.9 Å². The van der Waals surface area contributed by atoms with Gasteiger partial charge in [-0.05, 0) is 68.0 Å². The summed E-state index contributed by atoms with van der Waals surface area (Å²) >= 11 is 0. The zero-order valence-electron chi connectivity index (χ0n) is 24.4. The van der Waals surface area contributed by atoms with E-state index in [1.54, 1.807) is 32.4 Å². The molecule has 4 rings (SSSR count). The molecule has 0 bridgehead atoms. The van der Waals surface area contributed by atoms with Gasteiger partial charge in [-0.25, -0.2) is 4.79 Å². The van der Waals surface area contributed by atoms with Crippen LogP contribution in [-0.2, 0) is 19.1 Å². The lowest BCUT2D eigenvalue weighted by Crippen LogP contribution is -2.36. The smallest absolute Gasteiger partial charge is 0.336 e. The van der Waals surface area contributed by atoms with Crippen LogP contribution in [0, 0.1) is 0 Å². The van der Waals surface area contributed by atoms with Gasteiger partial charge in [-0.3, -0.25) is 9.59 Å². The SMILES string of the molecule is CCCOC(=O)C1=C(C)NC2=C(C(=O)C[C@H](c3ccc(OC)c(OC)c3)C2)[C@H]1c1ccc(OC(C)=O)c(OCC)c1. The quantitative estimate of drug-likeness (QED) is 0.302. The molecule has 1 N–H and O–H groups in total. The molecule has 41 heavy (non-hydrogen) atoms. The van der Waals surface area contributed by atoms with Crippen molar-refractivity contribution >= 4 is 17.7 Å². The predicted molar refractivity (Wildman–Crippen MR) is 152 cm³/mol. The van der Waals surface area contributed by atoms with Crippen molar-refractivity contribution in [1.29, 1.82) is 0 Å². The zero-order valence-corrected chi connectivity index (χ0v) is 24.4. The Bertz CT molecular complexity index is 1410. The van der Waals surface area contributed by atoms with E-state index >= 15 is 0 Å². The fraction of sp³-hybridized carbons (Fsp3) is 0.406. The van der Waals surface area contributed by atoms with Gasteiger partial charge in [-0.15, -0.1) is 0 Å². The lowest BCUT2D eigenvalue weighted by atomic mass is 9.71. The molecule has 0 saturated heterocycles. The van der Waals surface area contributed by atoms with Gasteiger partial charge >= 0.3 is 11.9 Å². The van der Waals surface area contributed by atoms with E-state index in [1.165, 1.54) is 6.92 Å². The topological polar surface area (TPSA) is 109 Å². The van der Waals surface area contributed by atoms with Crippen LogP contribution in [-0.4, -0.2) is 45.2 Å². The Balaban J connectivity index is 1.81. The van der Waals surface area contributed by atoms with Crippen molar-refractivity contribution in [2.75, 3.05) is 27.4 Å². The maximum absolute atomic E-state index is 14.0. The average molecular weight is 564 g/mol. The summed E-state index contributed by atoms with van der Waals surface area (Å²) in [6, 6.07) is 10.8. The van der Waals surface area contributed by atoms with E-state index in [-0.39, 0.29) is 30.5 Å². The summed E-state index contributed by atoms with van der Waals surface area (Å²) < 4.78 is 27.6. The van der Waals surface area contributed by atoms with Gasteiger partial charge in [-0.1, -0.05) is 19.1 Å². The Labute approximate surface area is 240 Å². The molecule has 2 atom stereocenters. The number of carbonyl (C=O) groups is 3. The van der Waals surface area contributed by atoms with Crippen molar-refractivity contribution in [1.82, 2.24) is 5.32 Å². The van der Waals surface area contributed by atoms with E-state index in [2.05, 4.69) is 5.32 Å². The number of dihydropyridines is 1. The summed E-state index contributed by atoms with van der Waals surface area (Å²) in [4.78, 5) is 39.0. The number of hydrogen-bond acceptors (Lipinski definition) is 9. The minimum atomic E-state index is -0.681. The first-order valence-electron chi connectivity index (χ1n) is 13.8. The first-order valence-corrected chi connectivity index (χ1v) is 13.8. The lowest BCUT2D eigenvalue weighted by Gasteiger charge is -2.37. The molecule has 0 unspecified atom stereocenters. The second-order valence-electron chi connectivity index (χ2n) is 10.0. The van der Waals surface area contributed by atoms with Crippen molar-refractivity contribution in [3.63, 3.8) is 0 Å². The maximum atomic E-state index is 14.0. The fourth-order valence-corrected chi connectivity index (χ4v) is 5.47. The van der Waals surface area contributed by atoms with E-state index in [4.69, 9.17) is 23.7 Å². The summed E-state index contributed by atoms with van der Waals surface area (Å²) in [5.74, 6) is 0.0289. The number of esters is 2. The van der Waals surface area contributed by atoms with Crippen molar-refractivity contribution in [2.24, 2.45) is 0 Å². The molecule has 0 fully saturated rings. The zero-order chi connectivity index (χ0) is 29.7. The van der Waals surface area contributed by atoms with Crippen LogP contribution in [0.2, 0.25) is 0 Å². The van der Waals surface area contributed by atoms with Gasteiger partial charge in [0.05, 0.1) is 33.0 Å². The standard InChI is InChI=1S/C32H37NO8/c1-7-13-40-32(36)29-18(3)33-23-14-22(20-9-11-25(37-5)27(16-20)38-6)15-24(35)31(23)30(29)21-10-12-26(41-19(4)34)28(17-21)39-8-2/h9-12,16-17,22,30,33H,7-8,13-15H2,1-6H3/t22-,30+/m1/s1. The lowest BCUT2D eigenvalue weighted by molar-refractivity contribution is -0.139. The van der Waals surface area contributed by atoms with Crippen LogP contribution >= 0.6 is 0 Å². The third-order valence-corrected chi connectivity index (χ3v) is 7.22. The Morgan fingerprint density at radius 2 is 1.61 bits per heavy atom. The summed E-state index contributed by atoms with van der Waals surface area (Å²) in [5.41, 5.74) is 3.91. The second kappa shape index (κ2) is 12.9. The molecule has 9 heteroatoms. The highest BCUT2D eigenvalue weighted by molar-refractivity contribution is 6.04. The number of nitrogens with one attached hydrogen (secondary N) is 1. The maximum Gasteiger partial charge on any atom is 0.336 e. The van der Waals surface area contributed by atoms with Gasteiger partial charge in [-0.2, -0.15) is 0 Å². The highest BCUT2D eigenvalue weighted by Crippen LogP contribution is 2.47. The summed E-state index contributed by atoms with van der Waals surface area (Å²) in [6.45, 7) is 7.49. The van der Waals surface area contributed by atoms with Crippen LogP contribution in [0.4, 0.5) is 0 Å². The Kier molecular flexibility index (Phi) is 9.37. The van der Waals surface area contributed by atoms with E-state index in [0.717, 1.165) is 11.3 Å². The van der Waals surface area contributed by atoms with E-state index in [0.29, 0.717) is 59.1 Å². The molecule has 0 saturated carbocycles. The van der Waals surface area contributed by atoms with Gasteiger partial charge < -0.3 is 29.0 Å². The van der Waals surface area contributed by atoms with Crippen LogP contribution in [0.3, 0.4) is 0 Å². The normalized spacial score (nSPS) is 18.3. The Morgan fingerprint density at radius 3 is 2.27 bits per heavy atom. The van der Waals surface area contributed by atoms with Crippen molar-refractivity contribution in [2.45, 2.75) is 58.8 Å². The third-order valence-electron chi connectivity index (χ3n) is 7.22. The first-order chi connectivity index (χ1) is 19.7. The highest BCUT2D eigenvalue weighted by atomic mass is 16.6. The molecule has 1 aliphatic carbocycles. The largest absolute Gasteiger partial charge is 0.493 e. The average Bonchev–Trinajstić information content (AvgIpc) is 2.95. The fourth-order valence-electron chi connectivity index (χ4n) is 5.47. The Hall–Kier alpha value is -4.27. The molecule has 2 aliphatic rings. The summed E-state index contributed by atoms with van der Waals surface area (Å²) in [6.07, 6.45) is 1.49. The molecule has 2 aromatic carbocycles. The molecule has 218 valence electrons. The molecule has 0 spiro atoms. The number of ether oxygens (including phenoxy) is 5. The van der Waals surface area contributed by atoms with Crippen molar-refractivity contribution < 1.29 is 38.1 Å². The number of hydrogen-bond donors (Lipinski definition) is 1. The van der Waals surface area contributed by atoms with E-state index in [9.17, 15) is 14.4 Å². The molecule has 0 amide bonds. The first kappa shape index (κ1) is 29.7. The number of carbonyl (C=O) groups excluding carboxylic acids is 3. The van der Waals surface area contributed by atoms with Crippen LogP contribution in [0.1, 0.15) is 69.9 Å². The summed E-state index contributed by atoms with van der Waals surface area (Å²) in [5, 5.41) is 3.37. The number of allylic oxidation sites excluding steroid dienone is 3. The van der Waals surface area contributed by atoms with Crippen LogP contribution in [0.25, 0.3) is 0 Å². The molecule has 9 nitrogen and oxygen atoms in total. The monoisotopic (exact) mass is 563 g/mol. The predicted octanol–water partition coefficient (Wildman–Crippen LogP) is 5.34. The van der Waals surface area contributed by atoms with E-state index in [1.807, 2.05) is 39.0 Å². The molecule has 2 aromatic rings. The minimum Gasteiger partial charge on any atom is -0.493 e. The summed E-state index contributed by atoms with van der Waals surface area (Å²) in [7, 11) is 3.16. The minimum absolute atomic E-state index is 0.0705. The number of ketones is 1. The Morgan fingerprint density at radius 1 is 0.927 bits per heavy atom. The van der Waals surface area contributed by atoms with Gasteiger partial charge in [0.15, 0.2) is 28.8 Å². The molecule has 1 aliphatic heterocycles. The molecule has 0 aromatic heterocycles. The second-order valence-corrected chi connectivity index (χ2v) is 10.0. The van der Waals surface area contributed by atoms with Gasteiger partial charge in [0.1, 0.15) is 0 Å². The highest BCUT2D eigenvalue weighted by Gasteiger charge is 2.42. The molecule has 0 radical (unpaired) electrons. The number of methoxy groups -OCH3 is 2. The van der Waals surface area contributed by atoms with Gasteiger partial charge in [0.25, 0.3) is 0 Å². The van der Waals surface area contributed by atoms with Crippen molar-refractivity contribution in [3.8, 4) is 23.0 Å². The molecular formula is C32H37NO8. The van der Waals surface area contributed by atoms with Gasteiger partial charge in [0.2, 0.25) is 0 Å². The molecule has 1 heterocycles. The van der Waals surface area contributed by atoms with Crippen molar-refractivity contribution in [3.05, 3.63) is 70.1 Å². The third kappa shape index (κ3) is 6.24. The number of benzene rings is 2. The van der Waals surface area contributed by atoms with Crippen LogP contribution in [0.5, 0.6) is 23.0 Å². The van der Waals surface area contributed by atoms with Crippen LogP contribution < -0.4 is 24.3 Å². The van der Waals surface area contributed by atoms with Gasteiger partial charge in [0, 0.05) is 36.2 Å². The van der Waals surface area contributed by atoms with E-state index < -0.39 is 17.9 Å². The number of rotatable bonds is 10. The number of Topliss-reactive ketones (excluding diaryl/α,β-unsaturated/α-hetero) is 1.